The molecule has 0 unspecified atom stereocenters. The number of ether oxygens (including phenoxy) is 1. The zero-order valence-electron chi connectivity index (χ0n) is 17.7. The van der Waals surface area contributed by atoms with Crippen LogP contribution in [0.2, 0.25) is 0 Å². The molecule has 1 aromatic heterocycles. The summed E-state index contributed by atoms with van der Waals surface area (Å²) in [5, 5.41) is 0. The first-order chi connectivity index (χ1) is 15.2. The summed E-state index contributed by atoms with van der Waals surface area (Å²) in [6, 6.07) is 20.8. The Bertz CT molecular complexity index is 1050. The summed E-state index contributed by atoms with van der Waals surface area (Å²) in [7, 11) is 0. The Labute approximate surface area is 187 Å². The zero-order chi connectivity index (χ0) is 21.3. The molecule has 0 radical (unpaired) electrons. The second kappa shape index (κ2) is 8.58. The smallest absolute Gasteiger partial charge is 0.253 e. The summed E-state index contributed by atoms with van der Waals surface area (Å²) >= 11 is 1.90. The first-order valence-corrected chi connectivity index (χ1v) is 11.9. The van der Waals surface area contributed by atoms with Gasteiger partial charge in [0.05, 0.1) is 12.2 Å². The van der Waals surface area contributed by atoms with Crippen LogP contribution in [0.4, 0.5) is 0 Å². The highest BCUT2D eigenvalue weighted by Gasteiger charge is 2.42. The Balaban J connectivity index is 1.32. The van der Waals surface area contributed by atoms with Crippen molar-refractivity contribution < 1.29 is 9.53 Å². The number of likely N-dealkylation sites (tertiary alicyclic amines) is 1. The predicted octanol–water partition coefficient (Wildman–Crippen LogP) is 4.62. The Morgan fingerprint density at radius 1 is 1.06 bits per heavy atom. The number of nitrogens with two attached hydrogens (primary N) is 1. The van der Waals surface area contributed by atoms with Crippen LogP contribution in [0.25, 0.3) is 10.4 Å². The molecule has 5 heteroatoms. The lowest BCUT2D eigenvalue weighted by atomic mass is 9.82. The van der Waals surface area contributed by atoms with Crippen molar-refractivity contribution in [2.75, 3.05) is 26.2 Å². The average Bonchev–Trinajstić information content (AvgIpc) is 3.27. The van der Waals surface area contributed by atoms with Gasteiger partial charge in [0.1, 0.15) is 0 Å². The summed E-state index contributed by atoms with van der Waals surface area (Å²) in [5.74, 6) is 0.112. The van der Waals surface area contributed by atoms with E-state index in [1.54, 1.807) is 0 Å². The van der Waals surface area contributed by atoms with E-state index < -0.39 is 0 Å². The molecule has 2 aliphatic heterocycles. The molecule has 3 aromatic rings. The van der Waals surface area contributed by atoms with Crippen molar-refractivity contribution in [3.63, 3.8) is 0 Å². The SMILES string of the molecule is NCCc1ccc(C(=O)N2CCC3(CC2)OCCc2sc(-c4ccccc4)cc23)cc1. The molecular formula is C26H28N2O2S. The van der Waals surface area contributed by atoms with Gasteiger partial charge in [-0.15, -0.1) is 11.3 Å². The summed E-state index contributed by atoms with van der Waals surface area (Å²) in [5.41, 5.74) is 9.92. The number of amides is 1. The van der Waals surface area contributed by atoms with E-state index in [0.29, 0.717) is 6.54 Å². The molecule has 2 N–H and O–H groups in total. The van der Waals surface area contributed by atoms with Crippen LogP contribution in [0.1, 0.15) is 39.2 Å². The highest BCUT2D eigenvalue weighted by atomic mass is 32.1. The molecular weight excluding hydrogens is 404 g/mol. The van der Waals surface area contributed by atoms with Gasteiger partial charge in [-0.05, 0) is 60.7 Å². The number of hydrogen-bond acceptors (Lipinski definition) is 4. The predicted molar refractivity (Wildman–Crippen MR) is 125 cm³/mol. The Kier molecular flexibility index (Phi) is 5.65. The van der Waals surface area contributed by atoms with Gasteiger partial charge >= 0.3 is 0 Å². The van der Waals surface area contributed by atoms with Crippen molar-refractivity contribution in [3.05, 3.63) is 82.2 Å². The maximum atomic E-state index is 13.0. The highest BCUT2D eigenvalue weighted by molar-refractivity contribution is 7.15. The fourth-order valence-electron chi connectivity index (χ4n) is 4.81. The van der Waals surface area contributed by atoms with Crippen molar-refractivity contribution in [3.8, 4) is 10.4 Å². The minimum Gasteiger partial charge on any atom is -0.370 e. The number of benzene rings is 2. The minimum atomic E-state index is -0.251. The molecule has 0 bridgehead atoms. The lowest BCUT2D eigenvalue weighted by Crippen LogP contribution is -2.48. The van der Waals surface area contributed by atoms with Gasteiger partial charge in [0, 0.05) is 34.8 Å². The van der Waals surface area contributed by atoms with Gasteiger partial charge in [-0.25, -0.2) is 0 Å². The number of carbonyl (C=O) groups is 1. The molecule has 160 valence electrons. The zero-order valence-corrected chi connectivity index (χ0v) is 18.5. The average molecular weight is 433 g/mol. The van der Waals surface area contributed by atoms with E-state index in [9.17, 15) is 4.79 Å². The maximum absolute atomic E-state index is 13.0. The minimum absolute atomic E-state index is 0.112. The summed E-state index contributed by atoms with van der Waals surface area (Å²) < 4.78 is 6.42. The summed E-state index contributed by atoms with van der Waals surface area (Å²) in [4.78, 5) is 17.8. The quantitative estimate of drug-likeness (QED) is 0.654. The Hall–Kier alpha value is -2.47. The second-order valence-corrected chi connectivity index (χ2v) is 9.57. The number of thiophene rings is 1. The van der Waals surface area contributed by atoms with E-state index in [0.717, 1.165) is 50.9 Å². The molecule has 1 spiro atoms. The van der Waals surface area contributed by atoms with Crippen molar-refractivity contribution in [2.24, 2.45) is 5.73 Å². The molecule has 1 saturated heterocycles. The molecule has 0 atom stereocenters. The maximum Gasteiger partial charge on any atom is 0.253 e. The normalized spacial score (nSPS) is 17.5. The first kappa shape index (κ1) is 20.4. The number of hydrogen-bond donors (Lipinski definition) is 1. The van der Waals surface area contributed by atoms with E-state index in [4.69, 9.17) is 10.5 Å². The van der Waals surface area contributed by atoms with Crippen LogP contribution in [0, 0.1) is 0 Å². The molecule has 4 nitrogen and oxygen atoms in total. The number of rotatable bonds is 4. The molecule has 2 aliphatic rings. The van der Waals surface area contributed by atoms with Gasteiger partial charge in [-0.2, -0.15) is 0 Å². The topological polar surface area (TPSA) is 55.6 Å². The Morgan fingerprint density at radius 3 is 2.52 bits per heavy atom. The fourth-order valence-corrected chi connectivity index (χ4v) is 6.05. The van der Waals surface area contributed by atoms with E-state index in [-0.39, 0.29) is 11.5 Å². The molecule has 2 aromatic carbocycles. The van der Waals surface area contributed by atoms with E-state index >= 15 is 0 Å². The van der Waals surface area contributed by atoms with Crippen LogP contribution in [0.15, 0.2) is 60.7 Å². The molecule has 0 saturated carbocycles. The summed E-state index contributed by atoms with van der Waals surface area (Å²) in [6.07, 6.45) is 3.52. The monoisotopic (exact) mass is 432 g/mol. The van der Waals surface area contributed by atoms with Crippen molar-refractivity contribution in [1.82, 2.24) is 4.90 Å². The largest absolute Gasteiger partial charge is 0.370 e. The van der Waals surface area contributed by atoms with Crippen molar-refractivity contribution >= 4 is 17.2 Å². The summed E-state index contributed by atoms with van der Waals surface area (Å²) in [6.45, 7) is 2.83. The third kappa shape index (κ3) is 3.93. The molecule has 31 heavy (non-hydrogen) atoms. The number of nitrogens with zero attached hydrogens (tertiary/aromatic N) is 1. The van der Waals surface area contributed by atoms with Crippen LogP contribution in [-0.2, 0) is 23.2 Å². The van der Waals surface area contributed by atoms with Crippen LogP contribution in [0.3, 0.4) is 0 Å². The van der Waals surface area contributed by atoms with Crippen molar-refractivity contribution in [1.29, 1.82) is 0 Å². The Morgan fingerprint density at radius 2 is 1.81 bits per heavy atom. The van der Waals surface area contributed by atoms with Gasteiger partial charge in [-0.3, -0.25) is 4.79 Å². The van der Waals surface area contributed by atoms with E-state index in [1.165, 1.54) is 26.4 Å². The molecule has 1 amide bonds. The van der Waals surface area contributed by atoms with Gasteiger partial charge in [-0.1, -0.05) is 42.5 Å². The third-order valence-corrected chi connectivity index (χ3v) is 7.80. The van der Waals surface area contributed by atoms with Gasteiger partial charge in [0.2, 0.25) is 0 Å². The molecule has 1 fully saturated rings. The van der Waals surface area contributed by atoms with Gasteiger partial charge < -0.3 is 15.4 Å². The highest BCUT2D eigenvalue weighted by Crippen LogP contribution is 2.46. The lowest BCUT2D eigenvalue weighted by Gasteiger charge is -2.44. The van der Waals surface area contributed by atoms with Gasteiger partial charge in [0.25, 0.3) is 5.91 Å². The number of carbonyl (C=O) groups excluding carboxylic acids is 1. The molecule has 5 rings (SSSR count). The second-order valence-electron chi connectivity index (χ2n) is 8.43. The number of fused-ring (bicyclic) bond motifs is 2. The van der Waals surface area contributed by atoms with Crippen LogP contribution < -0.4 is 5.73 Å². The van der Waals surface area contributed by atoms with Crippen LogP contribution in [0.5, 0.6) is 0 Å². The number of piperidine rings is 1. The van der Waals surface area contributed by atoms with Crippen LogP contribution >= 0.6 is 11.3 Å². The molecule has 0 aliphatic carbocycles. The third-order valence-electron chi connectivity index (χ3n) is 6.56. The first-order valence-electron chi connectivity index (χ1n) is 11.1. The van der Waals surface area contributed by atoms with E-state index in [2.05, 4.69) is 36.4 Å². The van der Waals surface area contributed by atoms with Gasteiger partial charge in [0.15, 0.2) is 0 Å². The van der Waals surface area contributed by atoms with Crippen LogP contribution in [-0.4, -0.2) is 37.0 Å². The fraction of sp³-hybridized carbons (Fsp3) is 0.346. The standard InChI is InChI=1S/C26H28N2O2S/c27-14-10-19-6-8-21(9-7-19)25(29)28-15-12-26(13-16-28)22-18-24(20-4-2-1-3-5-20)31-23(22)11-17-30-26/h1-9,18H,10-17,27H2. The van der Waals surface area contributed by atoms with E-state index in [1.807, 2.05) is 40.5 Å². The molecule has 3 heterocycles. The lowest BCUT2D eigenvalue weighted by molar-refractivity contribution is -0.0926. The van der Waals surface area contributed by atoms with Crippen molar-refractivity contribution in [2.45, 2.75) is 31.3 Å².